The number of pyridine rings is 1. The Labute approximate surface area is 156 Å². The maximum Gasteiger partial charge on any atom is 0.191 e. The lowest BCUT2D eigenvalue weighted by Crippen LogP contribution is -2.49. The molecule has 0 radical (unpaired) electrons. The molecular weight excluding hydrogens is 358 g/mol. The number of fused-ring (bicyclic) bond motifs is 2. The van der Waals surface area contributed by atoms with Crippen LogP contribution in [0.3, 0.4) is 0 Å². The van der Waals surface area contributed by atoms with Crippen molar-refractivity contribution in [3.8, 4) is 5.75 Å². The maximum atomic E-state index is 11.0. The molecule has 0 bridgehead atoms. The van der Waals surface area contributed by atoms with Crippen LogP contribution in [0.4, 0.5) is 0 Å². The molecule has 0 unspecified atom stereocenters. The minimum Gasteiger partial charge on any atom is -0.491 e. The van der Waals surface area contributed by atoms with E-state index in [0.29, 0.717) is 10.9 Å². The molecule has 138 valence electrons. The molecule has 2 fully saturated rings. The van der Waals surface area contributed by atoms with Crippen LogP contribution in [0.1, 0.15) is 13.8 Å². The van der Waals surface area contributed by atoms with Crippen molar-refractivity contribution in [1.82, 2.24) is 4.98 Å². The highest BCUT2D eigenvalue weighted by Gasteiger charge is 2.62. The Balaban J connectivity index is 1.50. The molecule has 6 nitrogen and oxygen atoms in total. The number of ether oxygens (including phenoxy) is 4. The van der Waals surface area contributed by atoms with Crippen LogP contribution in [0, 0.1) is 0 Å². The summed E-state index contributed by atoms with van der Waals surface area (Å²) in [5.41, 5.74) is -0.678. The quantitative estimate of drug-likeness (QED) is 0.652. The zero-order chi connectivity index (χ0) is 18.5. The lowest BCUT2D eigenvalue weighted by Gasteiger charge is -2.30. The van der Waals surface area contributed by atoms with Gasteiger partial charge in [-0.05, 0) is 38.1 Å². The van der Waals surface area contributed by atoms with E-state index < -0.39 is 29.9 Å². The van der Waals surface area contributed by atoms with Crippen LogP contribution in [0.15, 0.2) is 43.0 Å². The van der Waals surface area contributed by atoms with Crippen molar-refractivity contribution in [2.24, 2.45) is 0 Å². The zero-order valence-corrected chi connectivity index (χ0v) is 15.3. The van der Waals surface area contributed by atoms with Crippen molar-refractivity contribution < 1.29 is 24.1 Å². The van der Waals surface area contributed by atoms with Gasteiger partial charge in [0, 0.05) is 11.5 Å². The standard InChI is InChI=1S/C19H20ClNO5/c1-4-19(22)14(24-17-16(19)25-18(2,3)26-17)10-23-12-7-5-11-6-8-15(20)21-13(11)9-12/h4-9,14,16-17,22H,1,10H2,2-3H3/t14-,16+,17-,19-/m1/s1. The summed E-state index contributed by atoms with van der Waals surface area (Å²) >= 11 is 5.94. The molecule has 2 aliphatic rings. The largest absolute Gasteiger partial charge is 0.491 e. The van der Waals surface area contributed by atoms with Crippen LogP contribution < -0.4 is 4.74 Å². The smallest absolute Gasteiger partial charge is 0.191 e. The highest BCUT2D eigenvalue weighted by Crippen LogP contribution is 2.43. The van der Waals surface area contributed by atoms with Crippen LogP contribution in [-0.4, -0.2) is 46.6 Å². The van der Waals surface area contributed by atoms with Gasteiger partial charge in [-0.25, -0.2) is 4.98 Å². The zero-order valence-electron chi connectivity index (χ0n) is 14.5. The van der Waals surface area contributed by atoms with Gasteiger partial charge in [0.1, 0.15) is 35.3 Å². The minimum absolute atomic E-state index is 0.106. The molecule has 1 aromatic carbocycles. The number of benzene rings is 1. The van der Waals surface area contributed by atoms with E-state index in [1.807, 2.05) is 18.2 Å². The second-order valence-corrected chi connectivity index (χ2v) is 7.33. The van der Waals surface area contributed by atoms with E-state index in [2.05, 4.69) is 11.6 Å². The number of nitrogens with zero attached hydrogens (tertiary/aromatic N) is 1. The van der Waals surface area contributed by atoms with E-state index in [-0.39, 0.29) is 6.61 Å². The highest BCUT2D eigenvalue weighted by atomic mass is 35.5. The van der Waals surface area contributed by atoms with Crippen LogP contribution >= 0.6 is 11.6 Å². The third-order valence-corrected chi connectivity index (χ3v) is 4.90. The molecule has 0 spiro atoms. The Hall–Kier alpha value is -1.70. The van der Waals surface area contributed by atoms with Crippen molar-refractivity contribution >= 4 is 22.5 Å². The first-order valence-corrected chi connectivity index (χ1v) is 8.75. The minimum atomic E-state index is -1.41. The number of aromatic nitrogens is 1. The predicted molar refractivity (Wildman–Crippen MR) is 96.1 cm³/mol. The van der Waals surface area contributed by atoms with Crippen LogP contribution in [0.5, 0.6) is 5.75 Å². The lowest BCUT2D eigenvalue weighted by atomic mass is 9.93. The fourth-order valence-electron chi connectivity index (χ4n) is 3.35. The van der Waals surface area contributed by atoms with Gasteiger partial charge in [0.25, 0.3) is 0 Å². The maximum absolute atomic E-state index is 11.0. The lowest BCUT2D eigenvalue weighted by molar-refractivity contribution is -0.226. The van der Waals surface area contributed by atoms with E-state index in [1.54, 1.807) is 26.0 Å². The van der Waals surface area contributed by atoms with Gasteiger partial charge in [0.2, 0.25) is 0 Å². The van der Waals surface area contributed by atoms with Gasteiger partial charge < -0.3 is 24.1 Å². The average Bonchev–Trinajstić information content (AvgIpc) is 3.04. The Morgan fingerprint density at radius 2 is 2.08 bits per heavy atom. The molecule has 2 aliphatic heterocycles. The second kappa shape index (κ2) is 6.18. The summed E-state index contributed by atoms with van der Waals surface area (Å²) in [4.78, 5) is 4.27. The molecule has 2 saturated heterocycles. The predicted octanol–water partition coefficient (Wildman–Crippen LogP) is 3.06. The summed E-state index contributed by atoms with van der Waals surface area (Å²) in [6.07, 6.45) is -0.563. The number of hydrogen-bond acceptors (Lipinski definition) is 6. The molecule has 7 heteroatoms. The van der Waals surface area contributed by atoms with Gasteiger partial charge in [0.15, 0.2) is 12.1 Å². The molecule has 4 rings (SSSR count). The Morgan fingerprint density at radius 3 is 2.85 bits per heavy atom. The summed E-state index contributed by atoms with van der Waals surface area (Å²) in [7, 11) is 0. The number of aliphatic hydroxyl groups is 1. The molecule has 3 heterocycles. The number of hydrogen-bond donors (Lipinski definition) is 1. The molecule has 0 aliphatic carbocycles. The fraction of sp³-hybridized carbons (Fsp3) is 0.421. The third kappa shape index (κ3) is 2.98. The van der Waals surface area contributed by atoms with Crippen molar-refractivity contribution in [2.45, 2.75) is 43.7 Å². The van der Waals surface area contributed by atoms with E-state index in [0.717, 1.165) is 10.9 Å². The molecule has 4 atom stereocenters. The van der Waals surface area contributed by atoms with Gasteiger partial charge >= 0.3 is 0 Å². The summed E-state index contributed by atoms with van der Waals surface area (Å²) in [5, 5.41) is 12.4. The SMILES string of the molecule is C=C[C@@]1(O)[C@@H](COc2ccc3ccc(Cl)nc3c2)O[C@@H]2OC(C)(C)O[C@@H]21. The van der Waals surface area contributed by atoms with Crippen molar-refractivity contribution in [3.05, 3.63) is 48.1 Å². The van der Waals surface area contributed by atoms with Crippen molar-refractivity contribution in [2.75, 3.05) is 6.61 Å². The normalized spacial score (nSPS) is 32.5. The van der Waals surface area contributed by atoms with E-state index in [4.69, 9.17) is 30.5 Å². The average molecular weight is 378 g/mol. The van der Waals surface area contributed by atoms with Crippen molar-refractivity contribution in [3.63, 3.8) is 0 Å². The first-order valence-electron chi connectivity index (χ1n) is 8.37. The molecule has 2 aromatic rings. The third-order valence-electron chi connectivity index (χ3n) is 4.69. The summed E-state index contributed by atoms with van der Waals surface area (Å²) in [6, 6.07) is 9.15. The van der Waals surface area contributed by atoms with Gasteiger partial charge in [-0.2, -0.15) is 0 Å². The Bertz CT molecular complexity index is 857. The van der Waals surface area contributed by atoms with Crippen LogP contribution in [0.25, 0.3) is 10.9 Å². The van der Waals surface area contributed by atoms with E-state index in [1.165, 1.54) is 6.08 Å². The van der Waals surface area contributed by atoms with Crippen LogP contribution in [0.2, 0.25) is 5.15 Å². The summed E-state index contributed by atoms with van der Waals surface area (Å²) < 4.78 is 23.1. The molecule has 0 amide bonds. The molecule has 1 N–H and O–H groups in total. The van der Waals surface area contributed by atoms with Crippen molar-refractivity contribution in [1.29, 1.82) is 0 Å². The summed E-state index contributed by atoms with van der Waals surface area (Å²) in [6.45, 7) is 7.39. The molecule has 1 aromatic heterocycles. The van der Waals surface area contributed by atoms with Gasteiger partial charge in [-0.3, -0.25) is 0 Å². The summed E-state index contributed by atoms with van der Waals surface area (Å²) in [5.74, 6) is -0.219. The first-order chi connectivity index (χ1) is 12.3. The number of halogens is 1. The van der Waals surface area contributed by atoms with Crippen LogP contribution in [-0.2, 0) is 14.2 Å². The molecular formula is C19H20ClNO5. The second-order valence-electron chi connectivity index (χ2n) is 6.94. The molecule has 0 saturated carbocycles. The van der Waals surface area contributed by atoms with Gasteiger partial charge in [0.05, 0.1) is 5.52 Å². The number of rotatable bonds is 4. The van der Waals surface area contributed by atoms with E-state index in [9.17, 15) is 5.11 Å². The topological polar surface area (TPSA) is 70.0 Å². The van der Waals surface area contributed by atoms with Gasteiger partial charge in [-0.15, -0.1) is 6.58 Å². The molecule has 26 heavy (non-hydrogen) atoms. The van der Waals surface area contributed by atoms with E-state index >= 15 is 0 Å². The monoisotopic (exact) mass is 377 g/mol. The Morgan fingerprint density at radius 1 is 1.31 bits per heavy atom. The van der Waals surface area contributed by atoms with Gasteiger partial charge in [-0.1, -0.05) is 17.7 Å². The fourth-order valence-corrected chi connectivity index (χ4v) is 3.50. The highest BCUT2D eigenvalue weighted by molar-refractivity contribution is 6.29. The Kier molecular flexibility index (Phi) is 4.21. The first kappa shape index (κ1) is 17.7.